The molecule has 0 radical (unpaired) electrons. The first kappa shape index (κ1) is 15.0. The molecule has 0 aliphatic carbocycles. The Morgan fingerprint density at radius 3 is 2.50 bits per heavy atom. The Morgan fingerprint density at radius 1 is 1.30 bits per heavy atom. The number of aliphatic hydroxyl groups is 1. The van der Waals surface area contributed by atoms with E-state index in [9.17, 15) is 22.3 Å². The lowest BCUT2D eigenvalue weighted by atomic mass is 10.1. The van der Waals surface area contributed by atoms with Crippen molar-refractivity contribution in [3.05, 3.63) is 52.0 Å². The molecule has 0 fully saturated rings. The number of hydrogen-bond acceptors (Lipinski definition) is 5. The van der Waals surface area contributed by atoms with Gasteiger partial charge in [-0.15, -0.1) is 11.3 Å². The Morgan fingerprint density at radius 2 is 1.95 bits per heavy atom. The highest BCUT2D eigenvalue weighted by Gasteiger charge is 2.25. The average molecular weight is 319 g/mol. The summed E-state index contributed by atoms with van der Waals surface area (Å²) in [6.45, 7) is 0. The number of sulfone groups is 1. The average Bonchev–Trinajstić information content (AvgIpc) is 2.79. The molecule has 2 aromatic rings. The highest BCUT2D eigenvalue weighted by molar-refractivity contribution is 7.90. The first-order valence-corrected chi connectivity index (χ1v) is 8.30. The van der Waals surface area contributed by atoms with Crippen LogP contribution in [-0.2, 0) is 15.6 Å². The van der Waals surface area contributed by atoms with Gasteiger partial charge in [-0.1, -0.05) is 6.07 Å². The fourth-order valence-corrected chi connectivity index (χ4v) is 4.15. The van der Waals surface area contributed by atoms with Gasteiger partial charge in [0.2, 0.25) is 0 Å². The van der Waals surface area contributed by atoms with Crippen LogP contribution in [0.5, 0.6) is 0 Å². The van der Waals surface area contributed by atoms with Crippen molar-refractivity contribution in [2.24, 2.45) is 0 Å². The van der Waals surface area contributed by atoms with Crippen molar-refractivity contribution in [1.29, 1.82) is 0 Å². The number of aliphatic hydroxyl groups excluding tert-OH is 1. The second-order valence-corrected chi connectivity index (χ2v) is 7.22. The molecular weight excluding hydrogens is 308 g/mol. The summed E-state index contributed by atoms with van der Waals surface area (Å²) in [6.07, 6.45) is -0.288. The highest BCUT2D eigenvalue weighted by Crippen LogP contribution is 2.23. The summed E-state index contributed by atoms with van der Waals surface area (Å²) in [5, 5.41) is 11.8. The number of benzene rings is 1. The molecule has 1 atom stereocenters. The molecule has 0 saturated carbocycles. The number of nitrogens with zero attached hydrogens (tertiary/aromatic N) is 1. The monoisotopic (exact) mass is 319 g/mol. The van der Waals surface area contributed by atoms with Crippen LogP contribution in [0.15, 0.2) is 29.8 Å². The Kier molecular flexibility index (Phi) is 4.46. The number of halogens is 2. The van der Waals surface area contributed by atoms with E-state index >= 15 is 0 Å². The minimum absolute atomic E-state index is 0.363. The van der Waals surface area contributed by atoms with Gasteiger partial charge in [-0.3, -0.25) is 0 Å². The van der Waals surface area contributed by atoms with Crippen LogP contribution >= 0.6 is 11.3 Å². The molecule has 108 valence electrons. The lowest BCUT2D eigenvalue weighted by Gasteiger charge is -2.12. The summed E-state index contributed by atoms with van der Waals surface area (Å²) >= 11 is 1.16. The summed E-state index contributed by atoms with van der Waals surface area (Å²) in [4.78, 5) is 3.83. The molecule has 8 heteroatoms. The second-order valence-electron chi connectivity index (χ2n) is 4.13. The Hall–Kier alpha value is -1.38. The summed E-state index contributed by atoms with van der Waals surface area (Å²) in [5.41, 5.74) is -0.629. The van der Waals surface area contributed by atoms with Gasteiger partial charge in [0, 0.05) is 11.6 Å². The zero-order valence-corrected chi connectivity index (χ0v) is 11.8. The maximum absolute atomic E-state index is 13.4. The standard InChI is InChI=1S/C12H11F2NO3S2/c13-8-2-1-3-9(14)12(8)10(16)6-20(17,18)7-11-15-4-5-19-11/h1-5,10,16H,6-7H2. The van der Waals surface area contributed by atoms with Crippen LogP contribution in [0.1, 0.15) is 16.7 Å². The summed E-state index contributed by atoms with van der Waals surface area (Å²) in [7, 11) is -3.72. The molecule has 4 nitrogen and oxygen atoms in total. The van der Waals surface area contributed by atoms with Gasteiger partial charge in [-0.2, -0.15) is 0 Å². The third-order valence-electron chi connectivity index (χ3n) is 2.57. The third-order valence-corrected chi connectivity index (χ3v) is 5.07. The van der Waals surface area contributed by atoms with Gasteiger partial charge in [-0.25, -0.2) is 22.2 Å². The van der Waals surface area contributed by atoms with Crippen molar-refractivity contribution in [3.8, 4) is 0 Å². The lowest BCUT2D eigenvalue weighted by Crippen LogP contribution is -2.18. The van der Waals surface area contributed by atoms with Crippen LogP contribution in [-0.4, -0.2) is 24.3 Å². The number of hydrogen-bond donors (Lipinski definition) is 1. The molecule has 1 aromatic heterocycles. The molecular formula is C12H11F2NO3S2. The van der Waals surface area contributed by atoms with Gasteiger partial charge in [0.1, 0.15) is 22.4 Å². The molecule has 0 saturated heterocycles. The molecule has 0 aliphatic heterocycles. The van der Waals surface area contributed by atoms with Gasteiger partial charge in [-0.05, 0) is 12.1 Å². The number of aromatic nitrogens is 1. The van der Waals surface area contributed by atoms with E-state index in [1.54, 1.807) is 5.38 Å². The topological polar surface area (TPSA) is 67.3 Å². The van der Waals surface area contributed by atoms with Crippen molar-refractivity contribution in [3.63, 3.8) is 0 Å². The second kappa shape index (κ2) is 5.94. The van der Waals surface area contributed by atoms with Crippen LogP contribution in [0.25, 0.3) is 0 Å². The Balaban J connectivity index is 2.17. The third kappa shape index (κ3) is 3.59. The van der Waals surface area contributed by atoms with Crippen molar-refractivity contribution in [2.75, 3.05) is 5.75 Å². The minimum Gasteiger partial charge on any atom is -0.387 e. The van der Waals surface area contributed by atoms with Gasteiger partial charge in [0.25, 0.3) is 0 Å². The van der Waals surface area contributed by atoms with Gasteiger partial charge in [0.05, 0.1) is 17.4 Å². The predicted molar refractivity (Wildman–Crippen MR) is 70.9 cm³/mol. The van der Waals surface area contributed by atoms with Gasteiger partial charge < -0.3 is 5.11 Å². The van der Waals surface area contributed by atoms with Crippen LogP contribution < -0.4 is 0 Å². The summed E-state index contributed by atoms with van der Waals surface area (Å²) in [5.74, 6) is -3.06. The smallest absolute Gasteiger partial charge is 0.159 e. The van der Waals surface area contributed by atoms with E-state index in [0.29, 0.717) is 5.01 Å². The first-order valence-electron chi connectivity index (χ1n) is 5.60. The predicted octanol–water partition coefficient (Wildman–Crippen LogP) is 2.07. The first-order chi connectivity index (χ1) is 9.39. The molecule has 2 rings (SSSR count). The molecule has 20 heavy (non-hydrogen) atoms. The quantitative estimate of drug-likeness (QED) is 0.916. The number of rotatable bonds is 5. The molecule has 1 heterocycles. The molecule has 0 aliphatic rings. The van der Waals surface area contributed by atoms with Crippen molar-refractivity contribution in [2.45, 2.75) is 11.9 Å². The molecule has 1 aromatic carbocycles. The maximum atomic E-state index is 13.4. The zero-order chi connectivity index (χ0) is 14.8. The SMILES string of the molecule is O=S(=O)(Cc1nccs1)CC(O)c1c(F)cccc1F. The fraction of sp³-hybridized carbons (Fsp3) is 0.250. The van der Waals surface area contributed by atoms with Crippen LogP contribution in [0.3, 0.4) is 0 Å². The van der Waals surface area contributed by atoms with E-state index in [4.69, 9.17) is 0 Å². The highest BCUT2D eigenvalue weighted by atomic mass is 32.2. The Labute approximate surface area is 118 Å². The van der Waals surface area contributed by atoms with Gasteiger partial charge in [0.15, 0.2) is 9.84 Å². The lowest BCUT2D eigenvalue weighted by molar-refractivity contribution is 0.191. The van der Waals surface area contributed by atoms with E-state index in [2.05, 4.69) is 4.98 Å². The maximum Gasteiger partial charge on any atom is 0.159 e. The van der Waals surface area contributed by atoms with E-state index in [1.165, 1.54) is 6.20 Å². The largest absolute Gasteiger partial charge is 0.387 e. The van der Waals surface area contributed by atoms with Crippen molar-refractivity contribution < 1.29 is 22.3 Å². The van der Waals surface area contributed by atoms with Gasteiger partial charge >= 0.3 is 0 Å². The molecule has 0 bridgehead atoms. The minimum atomic E-state index is -3.72. The van der Waals surface area contributed by atoms with E-state index in [0.717, 1.165) is 29.5 Å². The van der Waals surface area contributed by atoms with E-state index in [-0.39, 0.29) is 5.75 Å². The van der Waals surface area contributed by atoms with Crippen molar-refractivity contribution >= 4 is 21.2 Å². The van der Waals surface area contributed by atoms with E-state index in [1.807, 2.05) is 0 Å². The van der Waals surface area contributed by atoms with E-state index < -0.39 is 38.9 Å². The number of thiazole rings is 1. The van der Waals surface area contributed by atoms with Crippen LogP contribution in [0, 0.1) is 11.6 Å². The summed E-state index contributed by atoms with van der Waals surface area (Å²) < 4.78 is 50.6. The molecule has 0 spiro atoms. The normalized spacial score (nSPS) is 13.3. The van der Waals surface area contributed by atoms with Crippen LogP contribution in [0.2, 0.25) is 0 Å². The fourth-order valence-electron chi connectivity index (χ4n) is 1.72. The molecule has 1 N–H and O–H groups in total. The Bertz CT molecular complexity index is 666. The van der Waals surface area contributed by atoms with Crippen LogP contribution in [0.4, 0.5) is 8.78 Å². The molecule has 0 amide bonds. The van der Waals surface area contributed by atoms with Crippen molar-refractivity contribution in [1.82, 2.24) is 4.98 Å². The zero-order valence-electron chi connectivity index (χ0n) is 10.2. The molecule has 1 unspecified atom stereocenters. The summed E-state index contributed by atoms with van der Waals surface area (Å²) in [6, 6.07) is 3.08.